The first kappa shape index (κ1) is 23.6. The molecule has 2 amide bonds. The fraction of sp³-hybridized carbons (Fsp3) is 0.476. The number of nitrogens with zero attached hydrogens (tertiary/aromatic N) is 2. The van der Waals surface area contributed by atoms with Crippen molar-refractivity contribution in [2.45, 2.75) is 50.9 Å². The fourth-order valence-electron chi connectivity index (χ4n) is 3.55. The number of benzene rings is 1. The lowest BCUT2D eigenvalue weighted by atomic mass is 9.93. The lowest BCUT2D eigenvalue weighted by Gasteiger charge is -2.29. The van der Waals surface area contributed by atoms with Crippen LogP contribution in [0.4, 0.5) is 29.5 Å². The first-order chi connectivity index (χ1) is 15.2. The second-order valence-electron chi connectivity index (χ2n) is 7.67. The number of alkyl halides is 3. The predicted molar refractivity (Wildman–Crippen MR) is 115 cm³/mol. The van der Waals surface area contributed by atoms with Crippen molar-refractivity contribution in [2.75, 3.05) is 23.7 Å². The number of rotatable bonds is 7. The number of hydrogen-bond acceptors (Lipinski definition) is 6. The van der Waals surface area contributed by atoms with Gasteiger partial charge in [0.1, 0.15) is 18.2 Å². The zero-order valence-electron chi connectivity index (χ0n) is 17.7. The Bertz CT molecular complexity index is 917. The van der Waals surface area contributed by atoms with Crippen molar-refractivity contribution >= 4 is 17.5 Å². The number of hydrogen-bond donors (Lipinski definition) is 4. The van der Waals surface area contributed by atoms with Gasteiger partial charge in [-0.2, -0.15) is 13.2 Å². The van der Waals surface area contributed by atoms with Gasteiger partial charge < -0.3 is 26.4 Å². The molecule has 1 saturated carbocycles. The smallest absolute Gasteiger partial charge is 0.416 e. The molecular weight excluding hydrogens is 425 g/mol. The van der Waals surface area contributed by atoms with Crippen molar-refractivity contribution in [1.29, 1.82) is 0 Å². The molecule has 0 radical (unpaired) electrons. The number of nitrogens with two attached hydrogens (primary N) is 1. The van der Waals surface area contributed by atoms with Gasteiger partial charge in [-0.15, -0.1) is 0 Å². The molecule has 1 aliphatic rings. The molecule has 5 N–H and O–H groups in total. The van der Waals surface area contributed by atoms with Gasteiger partial charge >= 0.3 is 12.2 Å². The van der Waals surface area contributed by atoms with Gasteiger partial charge in [0.2, 0.25) is 5.88 Å². The Balaban J connectivity index is 1.46. The first-order valence-electron chi connectivity index (χ1n) is 10.4. The molecule has 174 valence electrons. The third kappa shape index (κ3) is 6.71. The molecule has 0 aliphatic heterocycles. The lowest BCUT2D eigenvalue weighted by Crippen LogP contribution is -2.41. The van der Waals surface area contributed by atoms with E-state index in [1.807, 2.05) is 0 Å². The average molecular weight is 452 g/mol. The summed E-state index contributed by atoms with van der Waals surface area (Å²) in [4.78, 5) is 20.5. The highest BCUT2D eigenvalue weighted by molar-refractivity contribution is 5.89. The van der Waals surface area contributed by atoms with Gasteiger partial charge in [0, 0.05) is 30.9 Å². The molecule has 0 atom stereocenters. The van der Waals surface area contributed by atoms with Crippen LogP contribution >= 0.6 is 0 Å². The van der Waals surface area contributed by atoms with Crippen LogP contribution < -0.4 is 26.4 Å². The minimum atomic E-state index is -4.47. The van der Waals surface area contributed by atoms with Gasteiger partial charge in [0.15, 0.2) is 0 Å². The minimum absolute atomic E-state index is 0.0418. The molecule has 0 bridgehead atoms. The van der Waals surface area contributed by atoms with Gasteiger partial charge in [-0.25, -0.2) is 14.8 Å². The summed E-state index contributed by atoms with van der Waals surface area (Å²) in [5.74, 6) is 1.10. The maximum absolute atomic E-state index is 13.1. The molecule has 0 saturated heterocycles. The summed E-state index contributed by atoms with van der Waals surface area (Å²) < 4.78 is 45.1. The van der Waals surface area contributed by atoms with E-state index >= 15 is 0 Å². The summed E-state index contributed by atoms with van der Waals surface area (Å²) in [6, 6.07) is 4.83. The minimum Gasteiger partial charge on any atom is -0.474 e. The van der Waals surface area contributed by atoms with Crippen LogP contribution in [0.1, 0.15) is 36.8 Å². The number of aromatic nitrogens is 2. The highest BCUT2D eigenvalue weighted by Crippen LogP contribution is 2.33. The van der Waals surface area contributed by atoms with Crippen molar-refractivity contribution in [2.24, 2.45) is 5.73 Å². The van der Waals surface area contributed by atoms with Gasteiger partial charge in [0.25, 0.3) is 0 Å². The molecule has 11 heteroatoms. The molecule has 8 nitrogen and oxygen atoms in total. The average Bonchev–Trinajstić information content (AvgIpc) is 2.74. The number of aryl methyl sites for hydroxylation is 1. The van der Waals surface area contributed by atoms with Gasteiger partial charge in [-0.05, 0) is 50.3 Å². The van der Waals surface area contributed by atoms with E-state index in [2.05, 4.69) is 25.9 Å². The van der Waals surface area contributed by atoms with E-state index in [0.717, 1.165) is 6.07 Å². The Morgan fingerprint density at radius 3 is 2.62 bits per heavy atom. The van der Waals surface area contributed by atoms with Crippen LogP contribution in [0.2, 0.25) is 0 Å². The molecule has 1 fully saturated rings. The van der Waals surface area contributed by atoms with E-state index in [-0.39, 0.29) is 23.4 Å². The Morgan fingerprint density at radius 2 is 1.94 bits per heavy atom. The van der Waals surface area contributed by atoms with Gasteiger partial charge in [0.05, 0.1) is 5.56 Å². The van der Waals surface area contributed by atoms with Crippen molar-refractivity contribution < 1.29 is 22.7 Å². The molecule has 1 aliphatic carbocycles. The number of halogens is 3. The molecular formula is C21H27F3N6O2. The van der Waals surface area contributed by atoms with Crippen LogP contribution in [0.15, 0.2) is 30.6 Å². The summed E-state index contributed by atoms with van der Waals surface area (Å²) in [7, 11) is 0. The summed E-state index contributed by atoms with van der Waals surface area (Å²) >= 11 is 0. The summed E-state index contributed by atoms with van der Waals surface area (Å²) in [6.45, 7) is 2.46. The zero-order chi connectivity index (χ0) is 23.1. The maximum atomic E-state index is 13.1. The number of urea groups is 1. The monoisotopic (exact) mass is 452 g/mol. The Hall–Kier alpha value is -3.08. The van der Waals surface area contributed by atoms with Crippen LogP contribution in [0.3, 0.4) is 0 Å². The summed E-state index contributed by atoms with van der Waals surface area (Å²) in [5, 5.41) is 8.37. The highest BCUT2D eigenvalue weighted by Gasteiger charge is 2.32. The number of ether oxygens (including phenoxy) is 1. The summed E-state index contributed by atoms with van der Waals surface area (Å²) in [6.07, 6.45) is -0.304. The quantitative estimate of drug-likeness (QED) is 0.510. The largest absolute Gasteiger partial charge is 0.474 e. The molecule has 0 unspecified atom stereocenters. The maximum Gasteiger partial charge on any atom is 0.416 e. The van der Waals surface area contributed by atoms with E-state index in [1.54, 1.807) is 6.07 Å². The van der Waals surface area contributed by atoms with Crippen LogP contribution in [-0.4, -0.2) is 41.2 Å². The number of nitrogens with one attached hydrogen (secondary N) is 3. The zero-order valence-corrected chi connectivity index (χ0v) is 17.7. The van der Waals surface area contributed by atoms with Gasteiger partial charge in [-0.3, -0.25) is 0 Å². The molecule has 1 aromatic heterocycles. The predicted octanol–water partition coefficient (Wildman–Crippen LogP) is 3.69. The number of anilines is 2. The second-order valence-corrected chi connectivity index (χ2v) is 7.67. The third-order valence-corrected chi connectivity index (χ3v) is 5.19. The van der Waals surface area contributed by atoms with Crippen LogP contribution in [-0.2, 0) is 6.18 Å². The number of carbonyl (C=O) groups is 1. The van der Waals surface area contributed by atoms with Gasteiger partial charge in [-0.1, -0.05) is 6.07 Å². The number of carbonyl (C=O) groups excluding carboxylic acids is 1. The van der Waals surface area contributed by atoms with E-state index in [4.69, 9.17) is 10.5 Å². The Labute approximate surface area is 184 Å². The molecule has 0 spiro atoms. The Kier molecular flexibility index (Phi) is 7.73. The summed E-state index contributed by atoms with van der Waals surface area (Å²) in [5.41, 5.74) is 4.90. The molecule has 2 aromatic rings. The fourth-order valence-corrected chi connectivity index (χ4v) is 3.55. The first-order valence-corrected chi connectivity index (χ1v) is 10.4. The van der Waals surface area contributed by atoms with Crippen molar-refractivity contribution in [3.63, 3.8) is 0 Å². The van der Waals surface area contributed by atoms with Crippen LogP contribution in [0.25, 0.3) is 0 Å². The lowest BCUT2D eigenvalue weighted by molar-refractivity contribution is -0.138. The molecule has 1 aromatic carbocycles. The molecule has 32 heavy (non-hydrogen) atoms. The van der Waals surface area contributed by atoms with E-state index < -0.39 is 17.8 Å². The Morgan fingerprint density at radius 1 is 1.19 bits per heavy atom. The second kappa shape index (κ2) is 10.5. The SMILES string of the molecule is Cc1ccc(NC(=O)NC2CCC(Oc3cc(NCCN)ncn3)CC2)cc1C(F)(F)F. The van der Waals surface area contributed by atoms with Crippen LogP contribution in [0, 0.1) is 6.92 Å². The van der Waals surface area contributed by atoms with Crippen LogP contribution in [0.5, 0.6) is 5.88 Å². The molecule has 3 rings (SSSR count). The van der Waals surface area contributed by atoms with Crippen molar-refractivity contribution in [3.05, 3.63) is 41.7 Å². The van der Waals surface area contributed by atoms with Crippen molar-refractivity contribution in [3.8, 4) is 5.88 Å². The topological polar surface area (TPSA) is 114 Å². The van der Waals surface area contributed by atoms with E-state index in [0.29, 0.717) is 50.5 Å². The third-order valence-electron chi connectivity index (χ3n) is 5.19. The number of amides is 2. The van der Waals surface area contributed by atoms with E-state index in [1.165, 1.54) is 25.4 Å². The van der Waals surface area contributed by atoms with E-state index in [9.17, 15) is 18.0 Å². The molecule has 1 heterocycles. The van der Waals surface area contributed by atoms with Crippen molar-refractivity contribution in [1.82, 2.24) is 15.3 Å². The highest BCUT2D eigenvalue weighted by atomic mass is 19.4. The standard InChI is InChI=1S/C21H27F3N6O2/c1-13-2-3-15(10-17(13)21(22,23)24)30-20(31)29-14-4-6-16(7-5-14)32-19-11-18(26-9-8-25)27-12-28-19/h2-3,10-12,14,16H,4-9,25H2,1H3,(H,26,27,28)(H2,29,30,31). The normalized spacial score (nSPS) is 18.7.